The third-order valence-electron chi connectivity index (χ3n) is 4.48. The zero-order chi connectivity index (χ0) is 18.5. The minimum Gasteiger partial charge on any atom is -0.323 e. The molecule has 0 saturated heterocycles. The summed E-state index contributed by atoms with van der Waals surface area (Å²) in [5, 5.41) is 3.10. The van der Waals surface area contributed by atoms with Crippen molar-refractivity contribution >= 4 is 34.5 Å². The van der Waals surface area contributed by atoms with Crippen molar-refractivity contribution < 1.29 is 9.69 Å². The van der Waals surface area contributed by atoms with E-state index < -0.39 is 0 Å². The quantitative estimate of drug-likeness (QED) is 0.657. The topological polar surface area (TPSA) is 33.5 Å². The van der Waals surface area contributed by atoms with Crippen LogP contribution in [0.15, 0.2) is 66.7 Å². The predicted octanol–water partition coefficient (Wildman–Crippen LogP) is 4.11. The van der Waals surface area contributed by atoms with E-state index in [-0.39, 0.29) is 11.9 Å². The first-order valence-corrected chi connectivity index (χ1v) is 9.76. The number of rotatable bonds is 6. The molecular formula is C21H22ClN2OS+. The van der Waals surface area contributed by atoms with Crippen LogP contribution in [-0.4, -0.2) is 19.0 Å². The van der Waals surface area contributed by atoms with E-state index in [1.54, 1.807) is 11.3 Å². The maximum Gasteiger partial charge on any atom is 0.282 e. The van der Waals surface area contributed by atoms with Gasteiger partial charge >= 0.3 is 0 Å². The van der Waals surface area contributed by atoms with Gasteiger partial charge in [-0.05, 0) is 30.7 Å². The van der Waals surface area contributed by atoms with E-state index in [0.29, 0.717) is 0 Å². The number of benzene rings is 2. The SMILES string of the molecule is C[C@H](C(=O)Nc1ccccc1-c1ccccc1)[NH+](C)Cc1ccc(Cl)s1. The molecule has 0 aliphatic rings. The fraction of sp³-hybridized carbons (Fsp3) is 0.190. The van der Waals surface area contributed by atoms with E-state index in [0.717, 1.165) is 32.6 Å². The second-order valence-electron chi connectivity index (χ2n) is 6.35. The van der Waals surface area contributed by atoms with Gasteiger partial charge in [-0.3, -0.25) is 4.79 Å². The smallest absolute Gasteiger partial charge is 0.282 e. The number of nitrogens with one attached hydrogen (secondary N) is 2. The third-order valence-corrected chi connectivity index (χ3v) is 5.72. The summed E-state index contributed by atoms with van der Waals surface area (Å²) in [6.45, 7) is 2.72. The van der Waals surface area contributed by atoms with Crippen molar-refractivity contribution in [2.75, 3.05) is 12.4 Å². The van der Waals surface area contributed by atoms with Gasteiger partial charge in [-0.15, -0.1) is 11.3 Å². The molecule has 3 aromatic rings. The number of carbonyl (C=O) groups is 1. The van der Waals surface area contributed by atoms with E-state index in [2.05, 4.69) is 5.32 Å². The third kappa shape index (κ3) is 4.52. The van der Waals surface area contributed by atoms with Crippen LogP contribution in [0.25, 0.3) is 11.1 Å². The summed E-state index contributed by atoms with van der Waals surface area (Å²) >= 11 is 7.56. The van der Waals surface area contributed by atoms with E-state index in [9.17, 15) is 4.79 Å². The number of likely N-dealkylation sites (N-methyl/N-ethyl adjacent to an activating group) is 1. The van der Waals surface area contributed by atoms with Gasteiger partial charge in [0.05, 0.1) is 16.3 Å². The number of para-hydroxylation sites is 1. The monoisotopic (exact) mass is 385 g/mol. The molecule has 1 amide bonds. The Morgan fingerprint density at radius 2 is 1.77 bits per heavy atom. The molecule has 134 valence electrons. The van der Waals surface area contributed by atoms with Crippen LogP contribution in [0.2, 0.25) is 4.34 Å². The summed E-state index contributed by atoms with van der Waals surface area (Å²) in [6.07, 6.45) is 0. The normalized spacial score (nSPS) is 13.2. The molecule has 3 rings (SSSR count). The van der Waals surface area contributed by atoms with Gasteiger partial charge in [0, 0.05) is 11.3 Å². The standard InChI is InChI=1S/C21H21ClN2OS/c1-15(24(2)14-17-12-13-20(22)26-17)21(25)23-19-11-7-6-10-18(19)16-8-4-3-5-9-16/h3-13,15H,14H2,1-2H3,(H,23,25)/p+1/t15-/m1/s1. The highest BCUT2D eigenvalue weighted by atomic mass is 35.5. The molecule has 0 saturated carbocycles. The first-order valence-electron chi connectivity index (χ1n) is 8.56. The molecule has 3 nitrogen and oxygen atoms in total. The number of anilines is 1. The Hall–Kier alpha value is -2.14. The van der Waals surface area contributed by atoms with Crippen molar-refractivity contribution in [3.05, 3.63) is 75.9 Å². The van der Waals surface area contributed by atoms with Crippen molar-refractivity contribution in [1.29, 1.82) is 0 Å². The highest BCUT2D eigenvalue weighted by molar-refractivity contribution is 7.16. The second-order valence-corrected chi connectivity index (χ2v) is 8.15. The lowest BCUT2D eigenvalue weighted by atomic mass is 10.0. The molecule has 0 aliphatic carbocycles. The molecular weight excluding hydrogens is 364 g/mol. The minimum absolute atomic E-state index is 0.00790. The Morgan fingerprint density at radius 3 is 2.46 bits per heavy atom. The number of quaternary nitrogens is 1. The van der Waals surface area contributed by atoms with Crippen molar-refractivity contribution in [2.45, 2.75) is 19.5 Å². The molecule has 2 N–H and O–H groups in total. The largest absolute Gasteiger partial charge is 0.323 e. The summed E-state index contributed by atoms with van der Waals surface area (Å²) in [6, 6.07) is 21.7. The van der Waals surface area contributed by atoms with E-state index in [1.807, 2.05) is 80.7 Å². The van der Waals surface area contributed by atoms with Crippen molar-refractivity contribution in [2.24, 2.45) is 0 Å². The molecule has 2 atom stereocenters. The van der Waals surface area contributed by atoms with Crippen LogP contribution in [0.1, 0.15) is 11.8 Å². The van der Waals surface area contributed by atoms with Crippen LogP contribution in [-0.2, 0) is 11.3 Å². The Bertz CT molecular complexity index is 878. The van der Waals surface area contributed by atoms with Crippen LogP contribution in [0.3, 0.4) is 0 Å². The second kappa shape index (κ2) is 8.49. The Labute approximate surface area is 163 Å². The minimum atomic E-state index is -0.181. The fourth-order valence-electron chi connectivity index (χ4n) is 2.80. The molecule has 0 bridgehead atoms. The van der Waals surface area contributed by atoms with Gasteiger partial charge in [0.25, 0.3) is 5.91 Å². The van der Waals surface area contributed by atoms with E-state index in [1.165, 1.54) is 4.88 Å². The zero-order valence-electron chi connectivity index (χ0n) is 14.8. The van der Waals surface area contributed by atoms with Gasteiger partial charge < -0.3 is 10.2 Å². The maximum absolute atomic E-state index is 12.8. The van der Waals surface area contributed by atoms with Crippen LogP contribution < -0.4 is 10.2 Å². The summed E-state index contributed by atoms with van der Waals surface area (Å²) in [4.78, 5) is 15.1. The predicted molar refractivity (Wildman–Crippen MR) is 110 cm³/mol. The molecule has 1 heterocycles. The van der Waals surface area contributed by atoms with E-state index >= 15 is 0 Å². The van der Waals surface area contributed by atoms with Gasteiger partial charge in [0.1, 0.15) is 6.54 Å². The molecule has 1 aromatic heterocycles. The van der Waals surface area contributed by atoms with Crippen LogP contribution in [0.5, 0.6) is 0 Å². The average Bonchev–Trinajstić information content (AvgIpc) is 3.07. The van der Waals surface area contributed by atoms with Gasteiger partial charge in [0.2, 0.25) is 0 Å². The van der Waals surface area contributed by atoms with Crippen LogP contribution in [0.4, 0.5) is 5.69 Å². The molecule has 26 heavy (non-hydrogen) atoms. The number of hydrogen-bond acceptors (Lipinski definition) is 2. The van der Waals surface area contributed by atoms with Crippen molar-refractivity contribution in [3.63, 3.8) is 0 Å². The summed E-state index contributed by atoms with van der Waals surface area (Å²) in [7, 11) is 2.03. The van der Waals surface area contributed by atoms with Crippen molar-refractivity contribution in [1.82, 2.24) is 0 Å². The number of halogens is 1. The van der Waals surface area contributed by atoms with E-state index in [4.69, 9.17) is 11.6 Å². The highest BCUT2D eigenvalue weighted by Crippen LogP contribution is 2.27. The summed E-state index contributed by atoms with van der Waals surface area (Å²) in [5.74, 6) is 0.00790. The van der Waals surface area contributed by atoms with Gasteiger partial charge in [-0.1, -0.05) is 60.1 Å². The number of amides is 1. The Kier molecular flexibility index (Phi) is 6.09. The van der Waals surface area contributed by atoms with Crippen LogP contribution >= 0.6 is 22.9 Å². The number of carbonyl (C=O) groups excluding carboxylic acids is 1. The number of thiophene rings is 1. The van der Waals surface area contributed by atoms with Gasteiger partial charge in [0.15, 0.2) is 6.04 Å². The van der Waals surface area contributed by atoms with Crippen LogP contribution in [0, 0.1) is 0 Å². The molecule has 0 aliphatic heterocycles. The van der Waals surface area contributed by atoms with Gasteiger partial charge in [-0.25, -0.2) is 0 Å². The average molecular weight is 386 g/mol. The van der Waals surface area contributed by atoms with Gasteiger partial charge in [-0.2, -0.15) is 0 Å². The molecule has 2 aromatic carbocycles. The zero-order valence-corrected chi connectivity index (χ0v) is 16.4. The lowest BCUT2D eigenvalue weighted by Crippen LogP contribution is -3.12. The Balaban J connectivity index is 1.71. The first-order chi connectivity index (χ1) is 12.5. The summed E-state index contributed by atoms with van der Waals surface area (Å²) in [5.41, 5.74) is 2.95. The summed E-state index contributed by atoms with van der Waals surface area (Å²) < 4.78 is 0.779. The fourth-order valence-corrected chi connectivity index (χ4v) is 3.98. The molecule has 0 fully saturated rings. The molecule has 0 radical (unpaired) electrons. The Morgan fingerprint density at radius 1 is 1.08 bits per heavy atom. The molecule has 1 unspecified atom stereocenters. The molecule has 5 heteroatoms. The highest BCUT2D eigenvalue weighted by Gasteiger charge is 2.23. The lowest BCUT2D eigenvalue weighted by molar-refractivity contribution is -0.907. The lowest BCUT2D eigenvalue weighted by Gasteiger charge is -2.21. The molecule has 0 spiro atoms. The maximum atomic E-state index is 12.8. The first kappa shape index (κ1) is 18.6. The number of hydrogen-bond donors (Lipinski definition) is 2. The van der Waals surface area contributed by atoms with Crippen molar-refractivity contribution in [3.8, 4) is 11.1 Å².